The molecule has 0 heterocycles. The van der Waals surface area contributed by atoms with Gasteiger partial charge in [0, 0.05) is 13.0 Å². The van der Waals surface area contributed by atoms with E-state index in [9.17, 15) is 34.3 Å². The van der Waals surface area contributed by atoms with E-state index < -0.39 is 55.0 Å². The molecular weight excluding hydrogens is 442 g/mol. The van der Waals surface area contributed by atoms with Gasteiger partial charge in [0.15, 0.2) is 6.04 Å². The molecule has 1 aromatic carbocycles. The lowest BCUT2D eigenvalue weighted by atomic mass is 10.1. The smallest absolute Gasteiger partial charge is 0.407 e. The van der Waals surface area contributed by atoms with Crippen LogP contribution in [-0.2, 0) is 25.7 Å². The Morgan fingerprint density at radius 2 is 1.61 bits per heavy atom. The first kappa shape index (κ1) is 27.2. The number of aliphatic carboxylic acids is 3. The molecular formula is C20H27N3O10. The third-order valence-corrected chi connectivity index (χ3v) is 4.42. The lowest BCUT2D eigenvalue weighted by molar-refractivity contribution is -0.157. The fourth-order valence-electron chi connectivity index (χ4n) is 2.66. The summed E-state index contributed by atoms with van der Waals surface area (Å²) in [5, 5.41) is 41.1. The monoisotopic (exact) mass is 469 g/mol. The number of hydroxylamine groups is 2. The molecule has 0 aromatic heterocycles. The third-order valence-electron chi connectivity index (χ3n) is 4.42. The molecule has 6 N–H and O–H groups in total. The topological polar surface area (TPSA) is 203 Å². The first-order valence-electron chi connectivity index (χ1n) is 10.0. The second kappa shape index (κ2) is 14.2. The zero-order valence-corrected chi connectivity index (χ0v) is 17.7. The minimum absolute atomic E-state index is 0.0894. The number of nitrogens with zero attached hydrogens (tertiary/aromatic N) is 1. The van der Waals surface area contributed by atoms with Gasteiger partial charge in [-0.3, -0.25) is 10.0 Å². The molecule has 182 valence electrons. The van der Waals surface area contributed by atoms with Crippen LogP contribution >= 0.6 is 0 Å². The van der Waals surface area contributed by atoms with Gasteiger partial charge in [-0.15, -0.1) is 0 Å². The number of hydrogen-bond donors (Lipinski definition) is 6. The molecule has 0 bridgehead atoms. The van der Waals surface area contributed by atoms with E-state index in [-0.39, 0.29) is 31.1 Å². The van der Waals surface area contributed by atoms with E-state index in [2.05, 4.69) is 5.32 Å². The number of ether oxygens (including phenoxy) is 1. The number of urea groups is 1. The molecule has 0 aliphatic heterocycles. The molecule has 0 aliphatic rings. The molecule has 13 nitrogen and oxygen atoms in total. The van der Waals surface area contributed by atoms with Gasteiger partial charge < -0.3 is 30.7 Å². The fraction of sp³-hybridized carbons (Fsp3) is 0.450. The maximum atomic E-state index is 12.0. The largest absolute Gasteiger partial charge is 0.481 e. The van der Waals surface area contributed by atoms with E-state index >= 15 is 0 Å². The van der Waals surface area contributed by atoms with Crippen molar-refractivity contribution in [2.45, 2.75) is 50.8 Å². The van der Waals surface area contributed by atoms with Crippen LogP contribution in [0.4, 0.5) is 9.59 Å². The van der Waals surface area contributed by atoms with Crippen molar-refractivity contribution < 1.29 is 49.2 Å². The average Bonchev–Trinajstić information content (AvgIpc) is 2.77. The highest BCUT2D eigenvalue weighted by atomic mass is 16.5. The summed E-state index contributed by atoms with van der Waals surface area (Å²) in [6.45, 7) is 0.250. The van der Waals surface area contributed by atoms with Crippen molar-refractivity contribution in [2.24, 2.45) is 0 Å². The summed E-state index contributed by atoms with van der Waals surface area (Å²) in [6.07, 6.45) is -1.33. The Balaban J connectivity index is 2.41. The molecule has 0 fully saturated rings. The summed E-state index contributed by atoms with van der Waals surface area (Å²) >= 11 is 0. The minimum Gasteiger partial charge on any atom is -0.481 e. The van der Waals surface area contributed by atoms with Gasteiger partial charge in [0.05, 0.1) is 0 Å². The minimum atomic E-state index is -1.68. The number of alkyl carbamates (subject to hydrolysis) is 1. The predicted molar refractivity (Wildman–Crippen MR) is 110 cm³/mol. The number of hydrogen-bond acceptors (Lipinski definition) is 7. The Bertz CT molecular complexity index is 818. The molecule has 1 rings (SSSR count). The summed E-state index contributed by atoms with van der Waals surface area (Å²) < 4.78 is 5.02. The number of carboxylic acids is 3. The summed E-state index contributed by atoms with van der Waals surface area (Å²) in [4.78, 5) is 56.8. The normalized spacial score (nSPS) is 12.2. The van der Waals surface area contributed by atoms with Gasteiger partial charge in [-0.05, 0) is 31.2 Å². The van der Waals surface area contributed by atoms with Gasteiger partial charge in [-0.1, -0.05) is 30.3 Å². The fourth-order valence-corrected chi connectivity index (χ4v) is 2.66. The number of rotatable bonds is 14. The Morgan fingerprint density at radius 3 is 2.18 bits per heavy atom. The average molecular weight is 469 g/mol. The van der Waals surface area contributed by atoms with E-state index in [0.29, 0.717) is 6.42 Å². The zero-order valence-electron chi connectivity index (χ0n) is 17.7. The van der Waals surface area contributed by atoms with Gasteiger partial charge in [0.1, 0.15) is 12.6 Å². The van der Waals surface area contributed by atoms with Crippen LogP contribution in [0.1, 0.15) is 37.7 Å². The van der Waals surface area contributed by atoms with Crippen LogP contribution in [0.2, 0.25) is 0 Å². The van der Waals surface area contributed by atoms with Gasteiger partial charge in [0.2, 0.25) is 0 Å². The maximum absolute atomic E-state index is 12.0. The van der Waals surface area contributed by atoms with Crippen molar-refractivity contribution in [1.29, 1.82) is 0 Å². The highest BCUT2D eigenvalue weighted by Gasteiger charge is 2.31. The van der Waals surface area contributed by atoms with Gasteiger partial charge in [-0.2, -0.15) is 5.06 Å². The number of carbonyl (C=O) groups excluding carboxylic acids is 2. The van der Waals surface area contributed by atoms with Crippen molar-refractivity contribution in [3.05, 3.63) is 35.9 Å². The van der Waals surface area contributed by atoms with E-state index in [1.807, 2.05) is 11.4 Å². The molecule has 1 aromatic rings. The Morgan fingerprint density at radius 1 is 0.939 bits per heavy atom. The molecule has 0 aliphatic carbocycles. The molecule has 13 heteroatoms. The third kappa shape index (κ3) is 10.8. The molecule has 0 radical (unpaired) electrons. The molecule has 2 unspecified atom stereocenters. The van der Waals surface area contributed by atoms with Crippen LogP contribution < -0.4 is 10.6 Å². The second-order valence-electron chi connectivity index (χ2n) is 6.96. The van der Waals surface area contributed by atoms with E-state index in [1.54, 1.807) is 24.3 Å². The Kier molecular flexibility index (Phi) is 11.7. The van der Waals surface area contributed by atoms with Crippen LogP contribution in [0.3, 0.4) is 0 Å². The number of nitrogens with one attached hydrogen (secondary N) is 2. The van der Waals surface area contributed by atoms with E-state index in [0.717, 1.165) is 5.56 Å². The number of carboxylic acid groups (broad SMARTS) is 3. The van der Waals surface area contributed by atoms with Crippen LogP contribution in [0.5, 0.6) is 0 Å². The molecule has 2 atom stereocenters. The molecule has 3 amide bonds. The van der Waals surface area contributed by atoms with Crippen molar-refractivity contribution in [3.8, 4) is 0 Å². The summed E-state index contributed by atoms with van der Waals surface area (Å²) in [7, 11) is 0. The molecule has 0 saturated heterocycles. The highest BCUT2D eigenvalue weighted by molar-refractivity contribution is 5.85. The number of benzene rings is 1. The first-order chi connectivity index (χ1) is 15.6. The maximum Gasteiger partial charge on any atom is 0.407 e. The highest BCUT2D eigenvalue weighted by Crippen LogP contribution is 2.09. The Labute approximate surface area is 188 Å². The van der Waals surface area contributed by atoms with Crippen molar-refractivity contribution in [1.82, 2.24) is 15.7 Å². The van der Waals surface area contributed by atoms with Gasteiger partial charge in [0.25, 0.3) is 0 Å². The molecule has 0 spiro atoms. The van der Waals surface area contributed by atoms with Crippen LogP contribution in [0, 0.1) is 0 Å². The SMILES string of the molecule is O=C(O)CCC(NC(=O)N(O)C(CCCCNC(=O)OCc1ccccc1)C(=O)O)C(=O)O. The Hall–Kier alpha value is -3.87. The predicted octanol–water partition coefficient (Wildman–Crippen LogP) is 1.26. The van der Waals surface area contributed by atoms with Crippen molar-refractivity contribution >= 4 is 30.0 Å². The zero-order chi connectivity index (χ0) is 24.8. The van der Waals surface area contributed by atoms with Crippen LogP contribution in [-0.4, -0.2) is 74.3 Å². The van der Waals surface area contributed by atoms with Crippen LogP contribution in [0.25, 0.3) is 0 Å². The van der Waals surface area contributed by atoms with E-state index in [1.165, 1.54) is 0 Å². The molecule has 0 saturated carbocycles. The number of carbonyl (C=O) groups is 5. The van der Waals surface area contributed by atoms with Crippen molar-refractivity contribution in [3.63, 3.8) is 0 Å². The first-order valence-corrected chi connectivity index (χ1v) is 10.0. The van der Waals surface area contributed by atoms with Gasteiger partial charge in [-0.25, -0.2) is 19.2 Å². The second-order valence-corrected chi connectivity index (χ2v) is 6.96. The summed E-state index contributed by atoms with van der Waals surface area (Å²) in [6, 6.07) is 4.34. The van der Waals surface area contributed by atoms with E-state index in [4.69, 9.17) is 14.9 Å². The van der Waals surface area contributed by atoms with Crippen molar-refractivity contribution in [2.75, 3.05) is 6.54 Å². The summed E-state index contributed by atoms with van der Waals surface area (Å²) in [5.74, 6) is -4.34. The lowest BCUT2D eigenvalue weighted by Crippen LogP contribution is -2.52. The lowest BCUT2D eigenvalue weighted by Gasteiger charge is -2.24. The van der Waals surface area contributed by atoms with Crippen LogP contribution in [0.15, 0.2) is 30.3 Å². The van der Waals surface area contributed by atoms with Gasteiger partial charge >= 0.3 is 30.0 Å². The number of unbranched alkanes of at least 4 members (excludes halogenated alkanes) is 1. The quantitative estimate of drug-likeness (QED) is 0.131. The standard InChI is InChI=1S/C20H27N3O10/c24-16(25)10-9-14(17(26)27)22-19(30)23(32)15(18(28)29)8-4-5-11-21-20(31)33-12-13-6-2-1-3-7-13/h1-3,6-7,14-15,32H,4-5,8-12H2,(H,21,31)(H,22,30)(H,24,25)(H,26,27)(H,28,29). The number of amides is 3. The summed E-state index contributed by atoms with van der Waals surface area (Å²) in [5.41, 5.74) is 0.811. The molecule has 33 heavy (non-hydrogen) atoms.